The molecule has 0 radical (unpaired) electrons. The van der Waals surface area contributed by atoms with E-state index >= 15 is 0 Å². The van der Waals surface area contributed by atoms with Gasteiger partial charge in [0, 0.05) is 25.1 Å². The van der Waals surface area contributed by atoms with Crippen LogP contribution in [0.4, 0.5) is 0 Å². The number of rotatable bonds is 2. The first-order valence-corrected chi connectivity index (χ1v) is 4.63. The molecule has 0 heterocycles. The lowest BCUT2D eigenvalue weighted by Gasteiger charge is -2.20. The van der Waals surface area contributed by atoms with Crippen LogP contribution in [0.25, 0.3) is 0 Å². The van der Waals surface area contributed by atoms with Crippen LogP contribution in [0.1, 0.15) is 26.2 Å². The van der Waals surface area contributed by atoms with Crippen molar-refractivity contribution in [3.8, 4) is 0 Å². The minimum Gasteiger partial charge on any atom is -0.396 e. The molecule has 2 N–H and O–H groups in total. The molecule has 72 valence electrons. The topological polar surface area (TPSA) is 55.4 Å². The number of hydrogen-bond acceptors (Lipinski definition) is 3. The van der Waals surface area contributed by atoms with E-state index < -0.39 is 0 Å². The first kappa shape index (κ1) is 9.96. The van der Waals surface area contributed by atoms with Crippen molar-refractivity contribution in [2.75, 3.05) is 7.05 Å². The SMILES string of the molecule is CCC(=NC)C1CC=C(N)C(=O)C1. The highest BCUT2D eigenvalue weighted by Crippen LogP contribution is 2.21. The van der Waals surface area contributed by atoms with Gasteiger partial charge in [0.1, 0.15) is 0 Å². The molecule has 1 unspecified atom stereocenters. The van der Waals surface area contributed by atoms with Crippen molar-refractivity contribution < 1.29 is 4.79 Å². The van der Waals surface area contributed by atoms with Crippen LogP contribution in [0, 0.1) is 5.92 Å². The van der Waals surface area contributed by atoms with Crippen molar-refractivity contribution in [1.82, 2.24) is 0 Å². The number of carbonyl (C=O) groups is 1. The number of allylic oxidation sites excluding steroid dienone is 2. The molecular weight excluding hydrogens is 164 g/mol. The average Bonchev–Trinajstić information content (AvgIpc) is 2.13. The summed E-state index contributed by atoms with van der Waals surface area (Å²) in [7, 11) is 1.78. The maximum absolute atomic E-state index is 11.3. The monoisotopic (exact) mass is 180 g/mol. The third-order valence-electron chi connectivity index (χ3n) is 2.50. The van der Waals surface area contributed by atoms with E-state index in [-0.39, 0.29) is 11.7 Å². The molecule has 0 aliphatic heterocycles. The Morgan fingerprint density at radius 1 is 1.77 bits per heavy atom. The summed E-state index contributed by atoms with van der Waals surface area (Å²) in [6.07, 6.45) is 4.13. The Kier molecular flexibility index (Phi) is 3.23. The van der Waals surface area contributed by atoms with Crippen molar-refractivity contribution in [2.45, 2.75) is 26.2 Å². The quantitative estimate of drug-likeness (QED) is 0.651. The Balaban J connectivity index is 2.72. The average molecular weight is 180 g/mol. The zero-order chi connectivity index (χ0) is 9.84. The van der Waals surface area contributed by atoms with E-state index in [9.17, 15) is 4.79 Å². The fourth-order valence-corrected chi connectivity index (χ4v) is 1.69. The Morgan fingerprint density at radius 2 is 2.46 bits per heavy atom. The second kappa shape index (κ2) is 4.21. The number of Topliss-reactive ketones (excluding diaryl/α,β-unsaturated/α-hetero) is 1. The molecule has 1 aliphatic carbocycles. The van der Waals surface area contributed by atoms with E-state index in [2.05, 4.69) is 11.9 Å². The van der Waals surface area contributed by atoms with Crippen molar-refractivity contribution in [2.24, 2.45) is 16.6 Å². The summed E-state index contributed by atoms with van der Waals surface area (Å²) in [6, 6.07) is 0. The summed E-state index contributed by atoms with van der Waals surface area (Å²) in [6.45, 7) is 2.06. The number of ketones is 1. The Hall–Kier alpha value is -1.12. The van der Waals surface area contributed by atoms with Crippen LogP contribution in [-0.2, 0) is 4.79 Å². The van der Waals surface area contributed by atoms with Crippen LogP contribution in [0.15, 0.2) is 16.8 Å². The molecule has 0 saturated heterocycles. The van der Waals surface area contributed by atoms with Crippen LogP contribution in [0.2, 0.25) is 0 Å². The van der Waals surface area contributed by atoms with E-state index in [1.54, 1.807) is 7.05 Å². The van der Waals surface area contributed by atoms with E-state index in [0.717, 1.165) is 18.6 Å². The second-order valence-electron chi connectivity index (χ2n) is 3.29. The smallest absolute Gasteiger partial charge is 0.178 e. The number of nitrogens with two attached hydrogens (primary N) is 1. The first-order chi connectivity index (χ1) is 6.19. The molecule has 3 heteroatoms. The molecule has 0 aromatic carbocycles. The minimum atomic E-state index is 0.0610. The largest absolute Gasteiger partial charge is 0.396 e. The van der Waals surface area contributed by atoms with Crippen molar-refractivity contribution in [3.63, 3.8) is 0 Å². The summed E-state index contributed by atoms with van der Waals surface area (Å²) in [4.78, 5) is 15.5. The highest BCUT2D eigenvalue weighted by atomic mass is 16.1. The Morgan fingerprint density at radius 3 is 2.92 bits per heavy atom. The van der Waals surface area contributed by atoms with Crippen LogP contribution >= 0.6 is 0 Å². The molecule has 1 aliphatic rings. The van der Waals surface area contributed by atoms with E-state index in [4.69, 9.17) is 5.73 Å². The maximum atomic E-state index is 11.3. The lowest BCUT2D eigenvalue weighted by atomic mass is 9.87. The highest BCUT2D eigenvalue weighted by Gasteiger charge is 2.22. The van der Waals surface area contributed by atoms with Crippen LogP contribution in [0.3, 0.4) is 0 Å². The lowest BCUT2D eigenvalue weighted by molar-refractivity contribution is -0.116. The Labute approximate surface area is 78.7 Å². The highest BCUT2D eigenvalue weighted by molar-refractivity contribution is 6.00. The molecule has 1 rings (SSSR count). The number of carbonyl (C=O) groups excluding carboxylic acids is 1. The van der Waals surface area contributed by atoms with Gasteiger partial charge in [0.05, 0.1) is 5.70 Å². The molecular formula is C10H16N2O. The van der Waals surface area contributed by atoms with Crippen LogP contribution in [0.5, 0.6) is 0 Å². The van der Waals surface area contributed by atoms with Gasteiger partial charge >= 0.3 is 0 Å². The van der Waals surface area contributed by atoms with Gasteiger partial charge < -0.3 is 5.73 Å². The third-order valence-corrected chi connectivity index (χ3v) is 2.50. The van der Waals surface area contributed by atoms with Gasteiger partial charge in [-0.05, 0) is 12.8 Å². The van der Waals surface area contributed by atoms with Gasteiger partial charge in [0.15, 0.2) is 5.78 Å². The number of nitrogens with zero attached hydrogens (tertiary/aromatic N) is 1. The lowest BCUT2D eigenvalue weighted by Crippen LogP contribution is -2.25. The fraction of sp³-hybridized carbons (Fsp3) is 0.600. The van der Waals surface area contributed by atoms with Crippen LogP contribution < -0.4 is 5.73 Å². The second-order valence-corrected chi connectivity index (χ2v) is 3.29. The summed E-state index contributed by atoms with van der Waals surface area (Å²) in [5.41, 5.74) is 7.04. The van der Waals surface area contributed by atoms with Gasteiger partial charge in [0.25, 0.3) is 0 Å². The van der Waals surface area contributed by atoms with Gasteiger partial charge in [-0.3, -0.25) is 9.79 Å². The summed E-state index contributed by atoms with van der Waals surface area (Å²) in [5, 5.41) is 0. The van der Waals surface area contributed by atoms with Gasteiger partial charge in [-0.1, -0.05) is 13.0 Å². The predicted molar refractivity (Wildman–Crippen MR) is 53.7 cm³/mol. The summed E-state index contributed by atoms with van der Waals surface area (Å²) < 4.78 is 0. The van der Waals surface area contributed by atoms with Gasteiger partial charge in [-0.2, -0.15) is 0 Å². The Bertz CT molecular complexity index is 266. The molecule has 0 fully saturated rings. The molecule has 0 aromatic heterocycles. The van der Waals surface area contributed by atoms with Gasteiger partial charge in [0.2, 0.25) is 0 Å². The van der Waals surface area contributed by atoms with Crippen molar-refractivity contribution in [3.05, 3.63) is 11.8 Å². The van der Waals surface area contributed by atoms with E-state index in [0.29, 0.717) is 12.1 Å². The molecule has 0 amide bonds. The zero-order valence-electron chi connectivity index (χ0n) is 8.21. The molecule has 0 aromatic rings. The van der Waals surface area contributed by atoms with Gasteiger partial charge in [-0.25, -0.2) is 0 Å². The van der Waals surface area contributed by atoms with Crippen molar-refractivity contribution in [1.29, 1.82) is 0 Å². The molecule has 1 atom stereocenters. The molecule has 0 bridgehead atoms. The predicted octanol–water partition coefficient (Wildman–Crippen LogP) is 1.29. The number of hydrogen-bond donors (Lipinski definition) is 1. The third kappa shape index (κ3) is 2.17. The zero-order valence-corrected chi connectivity index (χ0v) is 8.21. The molecule has 0 saturated carbocycles. The summed E-state index contributed by atoms with van der Waals surface area (Å²) >= 11 is 0. The molecule has 0 spiro atoms. The van der Waals surface area contributed by atoms with Gasteiger partial charge in [-0.15, -0.1) is 0 Å². The normalized spacial score (nSPS) is 24.5. The van der Waals surface area contributed by atoms with Crippen LogP contribution in [-0.4, -0.2) is 18.5 Å². The fourth-order valence-electron chi connectivity index (χ4n) is 1.69. The number of aliphatic imine (C=N–C) groups is 1. The maximum Gasteiger partial charge on any atom is 0.178 e. The van der Waals surface area contributed by atoms with E-state index in [1.807, 2.05) is 6.08 Å². The molecule has 13 heavy (non-hydrogen) atoms. The van der Waals surface area contributed by atoms with Crippen molar-refractivity contribution >= 4 is 11.5 Å². The first-order valence-electron chi connectivity index (χ1n) is 4.63. The minimum absolute atomic E-state index is 0.0610. The summed E-state index contributed by atoms with van der Waals surface area (Å²) in [5.74, 6) is 0.348. The van der Waals surface area contributed by atoms with E-state index in [1.165, 1.54) is 0 Å². The molecule has 3 nitrogen and oxygen atoms in total. The standard InChI is InChI=1S/C10H16N2O/c1-3-9(12-2)7-4-5-8(11)10(13)6-7/h5,7H,3-4,6,11H2,1-2H3.